The summed E-state index contributed by atoms with van der Waals surface area (Å²) in [5.74, 6) is 0.0852. The van der Waals surface area contributed by atoms with Crippen LogP contribution < -0.4 is 0 Å². The van der Waals surface area contributed by atoms with Gasteiger partial charge in [-0.05, 0) is 13.0 Å². The average molecular weight is 240 g/mol. The van der Waals surface area contributed by atoms with E-state index >= 15 is 0 Å². The van der Waals surface area contributed by atoms with Gasteiger partial charge in [0.05, 0.1) is 10.5 Å². The number of allylic oxidation sites excluding steroid dienone is 1. The minimum atomic E-state index is -0.514. The number of nitrogens with zero attached hydrogens (tertiary/aromatic N) is 1. The highest BCUT2D eigenvalue weighted by Gasteiger charge is 2.13. The zero-order valence-corrected chi connectivity index (χ0v) is 9.40. The van der Waals surface area contributed by atoms with E-state index in [9.17, 15) is 14.9 Å². The van der Waals surface area contributed by atoms with Gasteiger partial charge in [0, 0.05) is 17.5 Å². The summed E-state index contributed by atoms with van der Waals surface area (Å²) in [6.07, 6.45) is 3.17. The van der Waals surface area contributed by atoms with Crippen molar-refractivity contribution in [2.24, 2.45) is 0 Å². The van der Waals surface area contributed by atoms with Crippen LogP contribution in [-0.2, 0) is 0 Å². The standard InChI is InChI=1S/C11H10ClNO3/c1-8(14)10-5-4-9(3-2-6-12)11(7-10)13(15)16/h2-5,7H,6H2,1H3. The number of benzene rings is 1. The van der Waals surface area contributed by atoms with E-state index in [0.717, 1.165) is 0 Å². The fraction of sp³-hybridized carbons (Fsp3) is 0.182. The molecule has 84 valence electrons. The summed E-state index contributed by atoms with van der Waals surface area (Å²) in [6.45, 7) is 1.37. The van der Waals surface area contributed by atoms with E-state index in [4.69, 9.17) is 11.6 Å². The molecule has 0 heterocycles. The Morgan fingerprint density at radius 1 is 1.56 bits per heavy atom. The van der Waals surface area contributed by atoms with E-state index in [1.54, 1.807) is 18.2 Å². The first-order chi connectivity index (χ1) is 7.56. The third-order valence-electron chi connectivity index (χ3n) is 2.02. The lowest BCUT2D eigenvalue weighted by Gasteiger charge is -2.00. The normalized spacial score (nSPS) is 10.6. The van der Waals surface area contributed by atoms with E-state index in [1.165, 1.54) is 19.1 Å². The van der Waals surface area contributed by atoms with Crippen LogP contribution in [0, 0.1) is 10.1 Å². The Hall–Kier alpha value is -1.68. The van der Waals surface area contributed by atoms with Gasteiger partial charge in [0.15, 0.2) is 5.78 Å². The molecule has 1 aromatic carbocycles. The molecule has 0 bridgehead atoms. The van der Waals surface area contributed by atoms with Gasteiger partial charge in [0.25, 0.3) is 5.69 Å². The molecule has 1 rings (SSSR count). The Morgan fingerprint density at radius 2 is 2.25 bits per heavy atom. The van der Waals surface area contributed by atoms with E-state index in [2.05, 4.69) is 0 Å². The van der Waals surface area contributed by atoms with Gasteiger partial charge in [0.1, 0.15) is 0 Å². The van der Waals surface area contributed by atoms with Crippen molar-refractivity contribution in [3.8, 4) is 0 Å². The lowest BCUT2D eigenvalue weighted by Crippen LogP contribution is -1.97. The Balaban J connectivity index is 3.24. The van der Waals surface area contributed by atoms with Gasteiger partial charge < -0.3 is 0 Å². The number of alkyl halides is 1. The van der Waals surface area contributed by atoms with Crippen LogP contribution in [0.2, 0.25) is 0 Å². The Morgan fingerprint density at radius 3 is 2.75 bits per heavy atom. The monoisotopic (exact) mass is 239 g/mol. The van der Waals surface area contributed by atoms with Crippen LogP contribution in [0.5, 0.6) is 0 Å². The minimum Gasteiger partial charge on any atom is -0.295 e. The van der Waals surface area contributed by atoms with Crippen LogP contribution in [0.4, 0.5) is 5.69 Å². The number of halogens is 1. The SMILES string of the molecule is CC(=O)c1ccc(C=CCCl)c([N+](=O)[O-])c1. The summed E-state index contributed by atoms with van der Waals surface area (Å²) in [5, 5.41) is 10.8. The lowest BCUT2D eigenvalue weighted by atomic mass is 10.1. The van der Waals surface area contributed by atoms with E-state index in [1.807, 2.05) is 0 Å². The van der Waals surface area contributed by atoms with Crippen LogP contribution >= 0.6 is 11.6 Å². The van der Waals surface area contributed by atoms with Crippen molar-refractivity contribution < 1.29 is 9.72 Å². The number of nitro benzene ring substituents is 1. The molecule has 16 heavy (non-hydrogen) atoms. The van der Waals surface area contributed by atoms with Crippen LogP contribution in [0.25, 0.3) is 6.08 Å². The fourth-order valence-corrected chi connectivity index (χ4v) is 1.32. The van der Waals surface area contributed by atoms with E-state index in [0.29, 0.717) is 11.1 Å². The topological polar surface area (TPSA) is 60.2 Å². The van der Waals surface area contributed by atoms with E-state index in [-0.39, 0.29) is 17.4 Å². The lowest BCUT2D eigenvalue weighted by molar-refractivity contribution is -0.385. The summed E-state index contributed by atoms with van der Waals surface area (Å²) >= 11 is 5.45. The van der Waals surface area contributed by atoms with Crippen LogP contribution in [0.3, 0.4) is 0 Å². The molecular weight excluding hydrogens is 230 g/mol. The highest BCUT2D eigenvalue weighted by molar-refractivity contribution is 6.19. The molecule has 4 nitrogen and oxygen atoms in total. The Labute approximate surface area is 97.7 Å². The smallest absolute Gasteiger partial charge is 0.277 e. The number of Topliss-reactive ketones (excluding diaryl/α,β-unsaturated/α-hetero) is 1. The van der Waals surface area contributed by atoms with Crippen LogP contribution in [-0.4, -0.2) is 16.6 Å². The van der Waals surface area contributed by atoms with Crippen molar-refractivity contribution in [1.82, 2.24) is 0 Å². The second-order valence-electron chi connectivity index (χ2n) is 3.14. The van der Waals surface area contributed by atoms with Crippen molar-refractivity contribution >= 4 is 29.1 Å². The highest BCUT2D eigenvalue weighted by Crippen LogP contribution is 2.22. The number of carbonyl (C=O) groups excluding carboxylic acids is 1. The van der Waals surface area contributed by atoms with Crippen molar-refractivity contribution in [2.45, 2.75) is 6.92 Å². The summed E-state index contributed by atoms with van der Waals surface area (Å²) in [4.78, 5) is 21.4. The molecule has 0 fully saturated rings. The molecule has 5 heteroatoms. The molecule has 0 saturated heterocycles. The first kappa shape index (κ1) is 12.4. The number of hydrogen-bond acceptors (Lipinski definition) is 3. The predicted molar refractivity (Wildman–Crippen MR) is 62.9 cm³/mol. The van der Waals surface area contributed by atoms with Gasteiger partial charge in [0.2, 0.25) is 0 Å². The molecule has 0 saturated carbocycles. The highest BCUT2D eigenvalue weighted by atomic mass is 35.5. The molecule has 0 radical (unpaired) electrons. The van der Waals surface area contributed by atoms with Crippen LogP contribution in [0.1, 0.15) is 22.8 Å². The maximum atomic E-state index is 11.1. The number of hydrogen-bond donors (Lipinski definition) is 0. The van der Waals surface area contributed by atoms with Gasteiger partial charge in [-0.15, -0.1) is 11.6 Å². The molecule has 1 aromatic rings. The number of carbonyl (C=O) groups is 1. The summed E-state index contributed by atoms with van der Waals surface area (Å²) in [7, 11) is 0. The summed E-state index contributed by atoms with van der Waals surface area (Å²) < 4.78 is 0. The van der Waals surface area contributed by atoms with Crippen molar-refractivity contribution in [2.75, 3.05) is 5.88 Å². The molecule has 0 unspecified atom stereocenters. The zero-order chi connectivity index (χ0) is 12.1. The molecule has 0 aliphatic carbocycles. The molecule has 0 N–H and O–H groups in total. The van der Waals surface area contributed by atoms with Gasteiger partial charge in [-0.3, -0.25) is 14.9 Å². The number of ketones is 1. The largest absolute Gasteiger partial charge is 0.295 e. The maximum absolute atomic E-state index is 11.1. The first-order valence-corrected chi connectivity index (χ1v) is 5.11. The Kier molecular flexibility index (Phi) is 4.19. The number of nitro groups is 1. The molecule has 0 aromatic heterocycles. The fourth-order valence-electron chi connectivity index (χ4n) is 1.23. The second kappa shape index (κ2) is 5.42. The molecule has 0 atom stereocenters. The molecule has 0 aliphatic heterocycles. The second-order valence-corrected chi connectivity index (χ2v) is 3.45. The van der Waals surface area contributed by atoms with Gasteiger partial charge in [-0.2, -0.15) is 0 Å². The summed E-state index contributed by atoms with van der Waals surface area (Å²) in [6, 6.07) is 4.37. The van der Waals surface area contributed by atoms with E-state index < -0.39 is 4.92 Å². The molecular formula is C11H10ClNO3. The zero-order valence-electron chi connectivity index (χ0n) is 8.64. The quantitative estimate of drug-likeness (QED) is 0.351. The molecule has 0 amide bonds. The minimum absolute atomic E-state index is 0.0888. The maximum Gasteiger partial charge on any atom is 0.277 e. The number of rotatable bonds is 4. The van der Waals surface area contributed by atoms with Gasteiger partial charge in [-0.1, -0.05) is 18.2 Å². The van der Waals surface area contributed by atoms with Crippen molar-refractivity contribution in [3.05, 3.63) is 45.5 Å². The molecule has 0 aliphatic rings. The molecule has 0 spiro atoms. The predicted octanol–water partition coefficient (Wildman–Crippen LogP) is 3.05. The van der Waals surface area contributed by atoms with Crippen LogP contribution in [0.15, 0.2) is 24.3 Å². The van der Waals surface area contributed by atoms with Crippen molar-refractivity contribution in [3.63, 3.8) is 0 Å². The van der Waals surface area contributed by atoms with Gasteiger partial charge >= 0.3 is 0 Å². The van der Waals surface area contributed by atoms with Crippen molar-refractivity contribution in [1.29, 1.82) is 0 Å². The van der Waals surface area contributed by atoms with Gasteiger partial charge in [-0.25, -0.2) is 0 Å². The average Bonchev–Trinajstić information content (AvgIpc) is 2.25. The summed E-state index contributed by atoms with van der Waals surface area (Å²) in [5.41, 5.74) is 0.680. The Bertz CT molecular complexity index is 455. The first-order valence-electron chi connectivity index (χ1n) is 4.58. The third-order valence-corrected chi connectivity index (χ3v) is 2.20. The third kappa shape index (κ3) is 2.90.